The molecule has 0 aliphatic rings. The summed E-state index contributed by atoms with van der Waals surface area (Å²) >= 11 is 3.36. The van der Waals surface area contributed by atoms with E-state index in [9.17, 15) is 9.59 Å². The number of hydrogen-bond acceptors (Lipinski definition) is 2. The van der Waals surface area contributed by atoms with Crippen LogP contribution in [0.4, 0.5) is 5.69 Å². The number of halogens is 1. The van der Waals surface area contributed by atoms with E-state index in [4.69, 9.17) is 0 Å². The molecule has 1 atom stereocenters. The van der Waals surface area contributed by atoms with Crippen molar-refractivity contribution in [2.75, 3.05) is 5.32 Å². The van der Waals surface area contributed by atoms with Crippen LogP contribution in [0.25, 0.3) is 0 Å². The smallest absolute Gasteiger partial charge is 0.255 e. The lowest BCUT2D eigenvalue weighted by Gasteiger charge is -2.15. The van der Waals surface area contributed by atoms with Crippen molar-refractivity contribution in [2.24, 2.45) is 0 Å². The fourth-order valence-corrected chi connectivity index (χ4v) is 3.08. The second kappa shape index (κ2) is 8.64. The van der Waals surface area contributed by atoms with Crippen LogP contribution in [0.3, 0.4) is 0 Å². The Labute approximate surface area is 166 Å². The molecule has 0 spiro atoms. The molecular weight excluding hydrogens is 404 g/mol. The largest absolute Gasteiger partial charge is 0.346 e. The molecule has 0 heterocycles. The highest BCUT2D eigenvalue weighted by atomic mass is 79.9. The molecule has 0 aliphatic heterocycles. The van der Waals surface area contributed by atoms with Gasteiger partial charge in [-0.25, -0.2) is 0 Å². The molecular formula is C22H19BrN2O2. The third-order valence-corrected chi connectivity index (χ3v) is 4.61. The minimum Gasteiger partial charge on any atom is -0.346 e. The highest BCUT2D eigenvalue weighted by molar-refractivity contribution is 9.10. The van der Waals surface area contributed by atoms with Gasteiger partial charge in [0.2, 0.25) is 0 Å². The van der Waals surface area contributed by atoms with Gasteiger partial charge in [0.05, 0.1) is 6.04 Å². The average molecular weight is 423 g/mol. The van der Waals surface area contributed by atoms with Crippen molar-refractivity contribution in [3.63, 3.8) is 0 Å². The van der Waals surface area contributed by atoms with E-state index in [0.29, 0.717) is 16.8 Å². The highest BCUT2D eigenvalue weighted by Crippen LogP contribution is 2.17. The molecule has 3 aromatic rings. The van der Waals surface area contributed by atoms with Crippen molar-refractivity contribution in [1.82, 2.24) is 5.32 Å². The zero-order chi connectivity index (χ0) is 19.2. The first-order chi connectivity index (χ1) is 13.0. The van der Waals surface area contributed by atoms with Gasteiger partial charge in [0.1, 0.15) is 0 Å². The van der Waals surface area contributed by atoms with Gasteiger partial charge in [-0.1, -0.05) is 58.4 Å². The van der Waals surface area contributed by atoms with Crippen LogP contribution >= 0.6 is 15.9 Å². The van der Waals surface area contributed by atoms with Crippen LogP contribution < -0.4 is 10.6 Å². The van der Waals surface area contributed by atoms with Crippen molar-refractivity contribution in [2.45, 2.75) is 13.0 Å². The Morgan fingerprint density at radius 3 is 2.19 bits per heavy atom. The molecule has 0 fully saturated rings. The predicted molar refractivity (Wildman–Crippen MR) is 111 cm³/mol. The number of rotatable bonds is 5. The third-order valence-electron chi connectivity index (χ3n) is 4.12. The molecule has 0 bridgehead atoms. The van der Waals surface area contributed by atoms with Gasteiger partial charge in [-0.3, -0.25) is 9.59 Å². The Kier molecular flexibility index (Phi) is 6.04. The van der Waals surface area contributed by atoms with Crippen molar-refractivity contribution in [1.29, 1.82) is 0 Å². The second-order valence-corrected chi connectivity index (χ2v) is 7.07. The first-order valence-electron chi connectivity index (χ1n) is 8.56. The summed E-state index contributed by atoms with van der Waals surface area (Å²) in [5, 5.41) is 5.80. The van der Waals surface area contributed by atoms with Gasteiger partial charge in [-0.15, -0.1) is 0 Å². The molecule has 5 heteroatoms. The number of hydrogen-bond donors (Lipinski definition) is 2. The molecule has 0 radical (unpaired) electrons. The number of carbonyl (C=O) groups is 2. The van der Waals surface area contributed by atoms with E-state index in [-0.39, 0.29) is 17.9 Å². The molecule has 0 aliphatic carbocycles. The van der Waals surface area contributed by atoms with Gasteiger partial charge in [0.15, 0.2) is 0 Å². The fourth-order valence-electron chi connectivity index (χ4n) is 2.68. The summed E-state index contributed by atoms with van der Waals surface area (Å²) < 4.78 is 0.832. The van der Waals surface area contributed by atoms with Crippen molar-refractivity contribution in [3.8, 4) is 0 Å². The van der Waals surface area contributed by atoms with Crippen LogP contribution in [0, 0.1) is 0 Å². The molecule has 3 aromatic carbocycles. The van der Waals surface area contributed by atoms with E-state index in [0.717, 1.165) is 10.0 Å². The van der Waals surface area contributed by atoms with E-state index in [2.05, 4.69) is 26.6 Å². The number of nitrogens with one attached hydrogen (secondary N) is 2. The zero-order valence-corrected chi connectivity index (χ0v) is 16.4. The number of carbonyl (C=O) groups excluding carboxylic acids is 2. The van der Waals surface area contributed by atoms with Gasteiger partial charge in [0.25, 0.3) is 11.8 Å². The molecule has 0 saturated heterocycles. The van der Waals surface area contributed by atoms with Crippen LogP contribution in [0.5, 0.6) is 0 Å². The normalized spacial score (nSPS) is 11.5. The summed E-state index contributed by atoms with van der Waals surface area (Å²) in [5.74, 6) is -0.420. The summed E-state index contributed by atoms with van der Waals surface area (Å²) in [7, 11) is 0. The van der Waals surface area contributed by atoms with E-state index in [1.54, 1.807) is 42.5 Å². The molecule has 0 saturated carbocycles. The quantitative estimate of drug-likeness (QED) is 0.593. The van der Waals surface area contributed by atoms with Gasteiger partial charge in [-0.05, 0) is 48.9 Å². The summed E-state index contributed by atoms with van der Waals surface area (Å²) in [6, 6.07) is 23.7. The lowest BCUT2D eigenvalue weighted by Crippen LogP contribution is -2.26. The first kappa shape index (κ1) is 18.9. The van der Waals surface area contributed by atoms with Crippen LogP contribution in [0.2, 0.25) is 0 Å². The van der Waals surface area contributed by atoms with Gasteiger partial charge < -0.3 is 10.6 Å². The van der Waals surface area contributed by atoms with E-state index >= 15 is 0 Å². The van der Waals surface area contributed by atoms with Crippen LogP contribution in [-0.4, -0.2) is 11.8 Å². The summed E-state index contributed by atoms with van der Waals surface area (Å²) in [6.45, 7) is 1.94. The molecule has 27 heavy (non-hydrogen) atoms. The molecule has 3 rings (SSSR count). The lowest BCUT2D eigenvalue weighted by atomic mass is 10.1. The summed E-state index contributed by atoms with van der Waals surface area (Å²) in [6.07, 6.45) is 0. The highest BCUT2D eigenvalue weighted by Gasteiger charge is 2.13. The van der Waals surface area contributed by atoms with E-state index in [1.807, 2.05) is 43.3 Å². The minimum absolute atomic E-state index is 0.112. The predicted octanol–water partition coefficient (Wildman–Crippen LogP) is 5.19. The van der Waals surface area contributed by atoms with Crippen molar-refractivity contribution < 1.29 is 9.59 Å². The molecule has 136 valence electrons. The van der Waals surface area contributed by atoms with Crippen LogP contribution in [-0.2, 0) is 0 Å². The zero-order valence-electron chi connectivity index (χ0n) is 14.8. The topological polar surface area (TPSA) is 58.2 Å². The van der Waals surface area contributed by atoms with Crippen LogP contribution in [0.1, 0.15) is 39.2 Å². The maximum atomic E-state index is 12.6. The second-order valence-electron chi connectivity index (χ2n) is 6.15. The molecule has 0 aromatic heterocycles. The standard InChI is InChI=1S/C22H19BrN2O2/c1-15(16-7-3-2-4-8-16)24-21(26)18-10-6-12-20(14-18)25-22(27)17-9-5-11-19(23)13-17/h2-15H,1H3,(H,24,26)(H,25,27). The SMILES string of the molecule is CC(NC(=O)c1cccc(NC(=O)c2cccc(Br)c2)c1)c1ccccc1. The minimum atomic E-state index is -0.230. The first-order valence-corrected chi connectivity index (χ1v) is 9.35. The maximum absolute atomic E-state index is 12.6. The Hall–Kier alpha value is -2.92. The lowest BCUT2D eigenvalue weighted by molar-refractivity contribution is 0.0938. The average Bonchev–Trinajstić information content (AvgIpc) is 2.68. The summed E-state index contributed by atoms with van der Waals surface area (Å²) in [5.41, 5.74) is 2.63. The van der Waals surface area contributed by atoms with Gasteiger partial charge in [0, 0.05) is 21.3 Å². The molecule has 4 nitrogen and oxygen atoms in total. The molecule has 2 amide bonds. The number of amides is 2. The van der Waals surface area contributed by atoms with Crippen molar-refractivity contribution in [3.05, 3.63) is 100 Å². The number of anilines is 1. The van der Waals surface area contributed by atoms with Crippen LogP contribution in [0.15, 0.2) is 83.3 Å². The maximum Gasteiger partial charge on any atom is 0.255 e. The Balaban J connectivity index is 1.69. The van der Waals surface area contributed by atoms with Gasteiger partial charge >= 0.3 is 0 Å². The Morgan fingerprint density at radius 2 is 1.48 bits per heavy atom. The van der Waals surface area contributed by atoms with E-state index < -0.39 is 0 Å². The third kappa shape index (κ3) is 5.05. The molecule has 1 unspecified atom stereocenters. The van der Waals surface area contributed by atoms with E-state index in [1.165, 1.54) is 0 Å². The monoisotopic (exact) mass is 422 g/mol. The van der Waals surface area contributed by atoms with Crippen molar-refractivity contribution >= 4 is 33.4 Å². The number of benzene rings is 3. The molecule has 2 N–H and O–H groups in total. The van der Waals surface area contributed by atoms with Gasteiger partial charge in [-0.2, -0.15) is 0 Å². The fraction of sp³-hybridized carbons (Fsp3) is 0.0909. The summed E-state index contributed by atoms with van der Waals surface area (Å²) in [4.78, 5) is 24.9. The Morgan fingerprint density at radius 1 is 0.815 bits per heavy atom. The Bertz CT molecular complexity index is 957.